The Bertz CT molecular complexity index is 536. The summed E-state index contributed by atoms with van der Waals surface area (Å²) in [6.45, 7) is 4.00. The van der Waals surface area contributed by atoms with Crippen LogP contribution in [0.25, 0.3) is 11.2 Å². The van der Waals surface area contributed by atoms with Gasteiger partial charge in [0, 0.05) is 13.6 Å². The lowest BCUT2D eigenvalue weighted by Gasteiger charge is -2.11. The van der Waals surface area contributed by atoms with Gasteiger partial charge in [0.1, 0.15) is 5.52 Å². The third-order valence-electron chi connectivity index (χ3n) is 3.14. The highest BCUT2D eigenvalue weighted by molar-refractivity contribution is 5.77. The zero-order chi connectivity index (χ0) is 13.3. The molecule has 0 unspecified atom stereocenters. The van der Waals surface area contributed by atoms with Crippen molar-refractivity contribution in [3.05, 3.63) is 5.69 Å². The monoisotopic (exact) mass is 250 g/mol. The molecule has 2 aromatic heterocycles. The van der Waals surface area contributed by atoms with Crippen molar-refractivity contribution < 1.29 is 0 Å². The van der Waals surface area contributed by atoms with Crippen molar-refractivity contribution in [3.63, 3.8) is 0 Å². The zero-order valence-corrected chi connectivity index (χ0v) is 11.6. The van der Waals surface area contributed by atoms with Gasteiger partial charge in [0.15, 0.2) is 5.65 Å². The number of hydrogen-bond acceptors (Lipinski definition) is 4. The Labute approximate surface area is 107 Å². The van der Waals surface area contributed by atoms with E-state index >= 15 is 0 Å². The number of imidazole rings is 1. The molecule has 0 radical (unpaired) electrons. The van der Waals surface area contributed by atoms with Gasteiger partial charge in [-0.25, -0.2) is 4.98 Å². The van der Waals surface area contributed by atoms with Crippen LogP contribution in [0.2, 0.25) is 0 Å². The molecule has 0 bridgehead atoms. The summed E-state index contributed by atoms with van der Waals surface area (Å²) < 4.78 is 3.94. The molecule has 0 saturated carbocycles. The smallest absolute Gasteiger partial charge is 0.202 e. The molecule has 6 heteroatoms. The molecule has 2 heterocycles. The molecule has 2 N–H and O–H groups in total. The molecular formula is C12H22N6. The average Bonchev–Trinajstić information content (AvgIpc) is 2.77. The SMILES string of the molecule is CCc1nn(C)c2c1nc(N)n2CCCN(C)C. The van der Waals surface area contributed by atoms with Crippen LogP contribution in [0.5, 0.6) is 0 Å². The molecule has 0 aliphatic carbocycles. The Morgan fingerprint density at radius 1 is 1.33 bits per heavy atom. The van der Waals surface area contributed by atoms with Gasteiger partial charge in [-0.05, 0) is 33.5 Å². The number of nitrogen functional groups attached to an aromatic ring is 1. The maximum Gasteiger partial charge on any atom is 0.202 e. The minimum absolute atomic E-state index is 0.589. The van der Waals surface area contributed by atoms with Gasteiger partial charge in [0.25, 0.3) is 0 Å². The fourth-order valence-electron chi connectivity index (χ4n) is 2.26. The molecule has 0 fully saturated rings. The summed E-state index contributed by atoms with van der Waals surface area (Å²) in [5.41, 5.74) is 9.00. The summed E-state index contributed by atoms with van der Waals surface area (Å²) in [7, 11) is 6.10. The fraction of sp³-hybridized carbons (Fsp3) is 0.667. The van der Waals surface area contributed by atoms with Crippen molar-refractivity contribution in [1.82, 2.24) is 24.2 Å². The maximum atomic E-state index is 6.00. The number of anilines is 1. The van der Waals surface area contributed by atoms with Crippen LogP contribution in [0.4, 0.5) is 5.95 Å². The van der Waals surface area contributed by atoms with Gasteiger partial charge in [0.05, 0.1) is 5.69 Å². The zero-order valence-electron chi connectivity index (χ0n) is 11.6. The van der Waals surface area contributed by atoms with E-state index in [-0.39, 0.29) is 0 Å². The second-order valence-electron chi connectivity index (χ2n) is 4.87. The van der Waals surface area contributed by atoms with Crippen LogP contribution in [0, 0.1) is 0 Å². The Morgan fingerprint density at radius 3 is 2.67 bits per heavy atom. The molecule has 0 atom stereocenters. The van der Waals surface area contributed by atoms with E-state index in [2.05, 4.69) is 40.6 Å². The van der Waals surface area contributed by atoms with E-state index < -0.39 is 0 Å². The van der Waals surface area contributed by atoms with Crippen LogP contribution in [0.1, 0.15) is 19.0 Å². The predicted molar refractivity (Wildman–Crippen MR) is 73.5 cm³/mol. The summed E-state index contributed by atoms with van der Waals surface area (Å²) in [5.74, 6) is 0.589. The lowest BCUT2D eigenvalue weighted by atomic mass is 10.3. The van der Waals surface area contributed by atoms with E-state index in [0.29, 0.717) is 5.95 Å². The summed E-state index contributed by atoms with van der Waals surface area (Å²) in [6.07, 6.45) is 1.93. The number of aromatic nitrogens is 4. The Balaban J connectivity index is 2.31. The lowest BCUT2D eigenvalue weighted by Crippen LogP contribution is -2.16. The molecular weight excluding hydrogens is 228 g/mol. The number of nitrogens with two attached hydrogens (primary N) is 1. The van der Waals surface area contributed by atoms with Gasteiger partial charge in [-0.15, -0.1) is 0 Å². The lowest BCUT2D eigenvalue weighted by molar-refractivity contribution is 0.387. The molecule has 6 nitrogen and oxygen atoms in total. The molecule has 0 saturated heterocycles. The van der Waals surface area contributed by atoms with E-state index in [9.17, 15) is 0 Å². The van der Waals surface area contributed by atoms with E-state index in [1.54, 1.807) is 0 Å². The van der Waals surface area contributed by atoms with E-state index in [1.165, 1.54) is 0 Å². The molecule has 0 aliphatic heterocycles. The Kier molecular flexibility index (Phi) is 3.56. The molecule has 0 spiro atoms. The molecule has 0 aliphatic rings. The first-order valence-electron chi connectivity index (χ1n) is 6.37. The van der Waals surface area contributed by atoms with E-state index in [4.69, 9.17) is 5.73 Å². The fourth-order valence-corrected chi connectivity index (χ4v) is 2.26. The van der Waals surface area contributed by atoms with Crippen molar-refractivity contribution in [2.45, 2.75) is 26.3 Å². The van der Waals surface area contributed by atoms with Crippen LogP contribution in [-0.4, -0.2) is 44.9 Å². The summed E-state index contributed by atoms with van der Waals surface area (Å²) in [5, 5.41) is 4.48. The first kappa shape index (κ1) is 12.9. The van der Waals surface area contributed by atoms with E-state index in [1.807, 2.05) is 11.7 Å². The number of hydrogen-bond donors (Lipinski definition) is 1. The number of fused-ring (bicyclic) bond motifs is 1. The van der Waals surface area contributed by atoms with Crippen molar-refractivity contribution in [2.24, 2.45) is 7.05 Å². The van der Waals surface area contributed by atoms with Crippen molar-refractivity contribution >= 4 is 17.1 Å². The number of nitrogens with zero attached hydrogens (tertiary/aromatic N) is 5. The predicted octanol–water partition coefficient (Wildman–Crippen LogP) is 0.866. The third-order valence-corrected chi connectivity index (χ3v) is 3.14. The standard InChI is InChI=1S/C12H22N6/c1-5-9-10-11(17(4)15-9)18(12(13)14-10)8-6-7-16(2)3/h5-8H2,1-4H3,(H2,13,14). The summed E-state index contributed by atoms with van der Waals surface area (Å²) in [6, 6.07) is 0. The van der Waals surface area contributed by atoms with Gasteiger partial charge in [-0.1, -0.05) is 6.92 Å². The van der Waals surface area contributed by atoms with Crippen LogP contribution in [0.15, 0.2) is 0 Å². The molecule has 100 valence electrons. The second kappa shape index (κ2) is 4.97. The molecule has 2 aromatic rings. The normalized spacial score (nSPS) is 11.8. The van der Waals surface area contributed by atoms with Crippen molar-refractivity contribution in [1.29, 1.82) is 0 Å². The van der Waals surface area contributed by atoms with Gasteiger partial charge >= 0.3 is 0 Å². The summed E-state index contributed by atoms with van der Waals surface area (Å²) >= 11 is 0. The number of aryl methyl sites for hydroxylation is 3. The minimum atomic E-state index is 0.589. The van der Waals surface area contributed by atoms with Crippen LogP contribution < -0.4 is 5.73 Å². The van der Waals surface area contributed by atoms with Gasteiger partial charge in [-0.2, -0.15) is 5.10 Å². The maximum absolute atomic E-state index is 6.00. The van der Waals surface area contributed by atoms with Crippen LogP contribution in [0.3, 0.4) is 0 Å². The van der Waals surface area contributed by atoms with Crippen LogP contribution >= 0.6 is 0 Å². The Hall–Kier alpha value is -1.56. The van der Waals surface area contributed by atoms with Crippen molar-refractivity contribution in [2.75, 3.05) is 26.4 Å². The van der Waals surface area contributed by atoms with Gasteiger partial charge in [0.2, 0.25) is 5.95 Å². The second-order valence-corrected chi connectivity index (χ2v) is 4.87. The van der Waals surface area contributed by atoms with Gasteiger partial charge < -0.3 is 10.6 Å². The summed E-state index contributed by atoms with van der Waals surface area (Å²) in [4.78, 5) is 6.62. The first-order chi connectivity index (χ1) is 8.54. The molecule has 18 heavy (non-hydrogen) atoms. The topological polar surface area (TPSA) is 64.9 Å². The molecule has 2 rings (SSSR count). The molecule has 0 amide bonds. The highest BCUT2D eigenvalue weighted by Crippen LogP contribution is 2.21. The highest BCUT2D eigenvalue weighted by Gasteiger charge is 2.16. The Morgan fingerprint density at radius 2 is 2.06 bits per heavy atom. The van der Waals surface area contributed by atoms with E-state index in [0.717, 1.165) is 42.8 Å². The van der Waals surface area contributed by atoms with Gasteiger partial charge in [-0.3, -0.25) is 9.25 Å². The largest absolute Gasteiger partial charge is 0.369 e. The van der Waals surface area contributed by atoms with Crippen molar-refractivity contribution in [3.8, 4) is 0 Å². The number of rotatable bonds is 5. The average molecular weight is 250 g/mol. The third kappa shape index (κ3) is 2.20. The highest BCUT2D eigenvalue weighted by atomic mass is 15.3. The molecule has 0 aromatic carbocycles. The minimum Gasteiger partial charge on any atom is -0.369 e. The quantitative estimate of drug-likeness (QED) is 0.855. The first-order valence-corrected chi connectivity index (χ1v) is 6.37. The van der Waals surface area contributed by atoms with Crippen LogP contribution in [-0.2, 0) is 20.0 Å².